The number of hydrogen-bond acceptors (Lipinski definition) is 5. The van der Waals surface area contributed by atoms with Crippen molar-refractivity contribution >= 4 is 23.2 Å². The third kappa shape index (κ3) is 4.89. The van der Waals surface area contributed by atoms with Gasteiger partial charge in [-0.15, -0.1) is 11.3 Å². The maximum atomic E-state index is 11.9. The van der Waals surface area contributed by atoms with Crippen LogP contribution in [0.4, 0.5) is 0 Å². The molecule has 0 atom stereocenters. The minimum atomic E-state index is -0.498. The Kier molecular flexibility index (Phi) is 5.87. The predicted molar refractivity (Wildman–Crippen MR) is 89.8 cm³/mol. The van der Waals surface area contributed by atoms with E-state index < -0.39 is 5.97 Å². The maximum absolute atomic E-state index is 11.9. The maximum Gasteiger partial charge on any atom is 0.350 e. The number of esters is 1. The minimum Gasteiger partial charge on any atom is -0.451 e. The van der Waals surface area contributed by atoms with E-state index in [0.717, 1.165) is 11.4 Å². The number of amides is 1. The second kappa shape index (κ2) is 7.87. The average Bonchev–Trinajstić information content (AvgIpc) is 2.85. The SMILES string of the molecule is Cc1nc(C)c(C(=O)OCC(=O)NCCc2ccccc2C)s1. The molecule has 2 aromatic rings. The highest BCUT2D eigenvalue weighted by atomic mass is 32.1. The Morgan fingerprint density at radius 2 is 1.96 bits per heavy atom. The molecule has 1 aromatic carbocycles. The molecule has 0 saturated heterocycles. The van der Waals surface area contributed by atoms with Crippen LogP contribution in [0, 0.1) is 20.8 Å². The zero-order chi connectivity index (χ0) is 16.8. The van der Waals surface area contributed by atoms with Crippen LogP contribution in [0.2, 0.25) is 0 Å². The largest absolute Gasteiger partial charge is 0.451 e. The van der Waals surface area contributed by atoms with Gasteiger partial charge in [-0.05, 0) is 38.3 Å². The molecule has 0 saturated carbocycles. The van der Waals surface area contributed by atoms with Crippen molar-refractivity contribution in [1.82, 2.24) is 10.3 Å². The van der Waals surface area contributed by atoms with E-state index in [0.29, 0.717) is 17.1 Å². The van der Waals surface area contributed by atoms with Crippen LogP contribution in [0.25, 0.3) is 0 Å². The van der Waals surface area contributed by atoms with Gasteiger partial charge in [0, 0.05) is 6.54 Å². The van der Waals surface area contributed by atoms with Gasteiger partial charge in [0.1, 0.15) is 4.88 Å². The summed E-state index contributed by atoms with van der Waals surface area (Å²) in [4.78, 5) is 28.3. The van der Waals surface area contributed by atoms with Crippen molar-refractivity contribution in [3.05, 3.63) is 51.0 Å². The summed E-state index contributed by atoms with van der Waals surface area (Å²) in [5.74, 6) is -0.798. The number of rotatable bonds is 6. The molecule has 1 amide bonds. The molecule has 23 heavy (non-hydrogen) atoms. The highest BCUT2D eigenvalue weighted by Gasteiger charge is 2.16. The summed E-state index contributed by atoms with van der Waals surface area (Å²) in [6, 6.07) is 8.04. The molecule has 2 rings (SSSR count). The number of benzene rings is 1. The van der Waals surface area contributed by atoms with Crippen molar-refractivity contribution in [3.8, 4) is 0 Å². The number of aryl methyl sites for hydroxylation is 3. The van der Waals surface area contributed by atoms with E-state index in [9.17, 15) is 9.59 Å². The number of carbonyl (C=O) groups is 2. The second-order valence-electron chi connectivity index (χ2n) is 5.25. The molecular formula is C17H20N2O3S. The van der Waals surface area contributed by atoms with Gasteiger partial charge >= 0.3 is 5.97 Å². The van der Waals surface area contributed by atoms with Crippen LogP contribution in [0.5, 0.6) is 0 Å². The molecule has 6 heteroatoms. The standard InChI is InChI=1S/C17H20N2O3S/c1-11-6-4-5-7-14(11)8-9-18-15(20)10-22-17(21)16-12(2)19-13(3)23-16/h4-7H,8-10H2,1-3H3,(H,18,20). The molecule has 0 aliphatic heterocycles. The van der Waals surface area contributed by atoms with Gasteiger partial charge in [0.05, 0.1) is 10.7 Å². The summed E-state index contributed by atoms with van der Waals surface area (Å²) >= 11 is 1.27. The zero-order valence-electron chi connectivity index (χ0n) is 13.5. The molecule has 1 aromatic heterocycles. The van der Waals surface area contributed by atoms with E-state index in [1.807, 2.05) is 38.1 Å². The molecule has 0 aliphatic rings. The van der Waals surface area contributed by atoms with Crippen molar-refractivity contribution in [1.29, 1.82) is 0 Å². The summed E-state index contributed by atoms with van der Waals surface area (Å²) in [7, 11) is 0. The van der Waals surface area contributed by atoms with Crippen molar-refractivity contribution in [2.75, 3.05) is 13.2 Å². The summed E-state index contributed by atoms with van der Waals surface area (Å²) in [6.45, 7) is 5.86. The van der Waals surface area contributed by atoms with Crippen molar-refractivity contribution in [2.24, 2.45) is 0 Å². The number of hydrogen-bond donors (Lipinski definition) is 1. The van der Waals surface area contributed by atoms with Gasteiger partial charge in [0.25, 0.3) is 5.91 Å². The van der Waals surface area contributed by atoms with Crippen molar-refractivity contribution in [3.63, 3.8) is 0 Å². The van der Waals surface area contributed by atoms with Gasteiger partial charge in [-0.3, -0.25) is 4.79 Å². The van der Waals surface area contributed by atoms with Crippen LogP contribution in [0.1, 0.15) is 31.5 Å². The zero-order valence-corrected chi connectivity index (χ0v) is 14.3. The topological polar surface area (TPSA) is 68.3 Å². The molecule has 1 N–H and O–H groups in total. The first-order valence-electron chi connectivity index (χ1n) is 7.39. The number of nitrogens with zero attached hydrogens (tertiary/aromatic N) is 1. The Bertz CT molecular complexity index is 710. The molecule has 1 heterocycles. The first-order chi connectivity index (χ1) is 11.0. The third-order valence-electron chi connectivity index (χ3n) is 3.40. The Labute approximate surface area is 139 Å². The second-order valence-corrected chi connectivity index (χ2v) is 6.45. The highest BCUT2D eigenvalue weighted by molar-refractivity contribution is 7.13. The van der Waals surface area contributed by atoms with E-state index in [1.54, 1.807) is 6.92 Å². The fraction of sp³-hybridized carbons (Fsp3) is 0.353. The Morgan fingerprint density at radius 1 is 1.22 bits per heavy atom. The van der Waals surface area contributed by atoms with Crippen LogP contribution in [-0.4, -0.2) is 30.0 Å². The van der Waals surface area contributed by atoms with Gasteiger partial charge in [-0.1, -0.05) is 24.3 Å². The molecule has 5 nitrogen and oxygen atoms in total. The molecule has 0 bridgehead atoms. The summed E-state index contributed by atoms with van der Waals surface area (Å²) < 4.78 is 5.03. The lowest BCUT2D eigenvalue weighted by atomic mass is 10.1. The van der Waals surface area contributed by atoms with Gasteiger partial charge in [-0.2, -0.15) is 0 Å². The lowest BCUT2D eigenvalue weighted by Crippen LogP contribution is -2.30. The molecular weight excluding hydrogens is 312 g/mol. The van der Waals surface area contributed by atoms with E-state index in [4.69, 9.17) is 4.74 Å². The normalized spacial score (nSPS) is 10.4. The van der Waals surface area contributed by atoms with Crippen molar-refractivity contribution < 1.29 is 14.3 Å². The molecule has 122 valence electrons. The quantitative estimate of drug-likeness (QED) is 0.826. The van der Waals surface area contributed by atoms with Gasteiger partial charge in [0.15, 0.2) is 6.61 Å². The summed E-state index contributed by atoms with van der Waals surface area (Å²) in [5.41, 5.74) is 3.03. The van der Waals surface area contributed by atoms with E-state index >= 15 is 0 Å². The fourth-order valence-electron chi connectivity index (χ4n) is 2.20. The molecule has 0 unspecified atom stereocenters. The first-order valence-corrected chi connectivity index (χ1v) is 8.21. The first kappa shape index (κ1) is 17.1. The van der Waals surface area contributed by atoms with Crippen LogP contribution < -0.4 is 5.32 Å². The Morgan fingerprint density at radius 3 is 2.61 bits per heavy atom. The molecule has 0 spiro atoms. The number of thiazole rings is 1. The summed E-state index contributed by atoms with van der Waals surface area (Å²) in [5, 5.41) is 3.56. The fourth-order valence-corrected chi connectivity index (χ4v) is 3.01. The summed E-state index contributed by atoms with van der Waals surface area (Å²) in [6.07, 6.45) is 0.750. The smallest absolute Gasteiger partial charge is 0.350 e. The molecule has 0 aliphatic carbocycles. The Hall–Kier alpha value is -2.21. The van der Waals surface area contributed by atoms with Crippen LogP contribution >= 0.6 is 11.3 Å². The van der Waals surface area contributed by atoms with Crippen LogP contribution in [0.3, 0.4) is 0 Å². The van der Waals surface area contributed by atoms with Gasteiger partial charge in [-0.25, -0.2) is 9.78 Å². The van der Waals surface area contributed by atoms with Crippen LogP contribution in [-0.2, 0) is 16.0 Å². The van der Waals surface area contributed by atoms with E-state index in [1.165, 1.54) is 22.5 Å². The number of aromatic nitrogens is 1. The minimum absolute atomic E-state index is 0.275. The third-order valence-corrected chi connectivity index (χ3v) is 4.45. The van der Waals surface area contributed by atoms with Gasteiger partial charge in [0.2, 0.25) is 0 Å². The molecule has 0 radical (unpaired) electrons. The lowest BCUT2D eigenvalue weighted by molar-refractivity contribution is -0.124. The van der Waals surface area contributed by atoms with E-state index in [2.05, 4.69) is 10.3 Å². The Balaban J connectivity index is 1.74. The van der Waals surface area contributed by atoms with Crippen molar-refractivity contribution in [2.45, 2.75) is 27.2 Å². The van der Waals surface area contributed by atoms with E-state index in [-0.39, 0.29) is 12.5 Å². The average molecular weight is 332 g/mol. The number of ether oxygens (including phenoxy) is 1. The molecule has 0 fully saturated rings. The number of carbonyl (C=O) groups excluding carboxylic acids is 2. The predicted octanol–water partition coefficient (Wildman–Crippen LogP) is 2.58. The lowest BCUT2D eigenvalue weighted by Gasteiger charge is -2.08. The number of nitrogens with one attached hydrogen (secondary N) is 1. The van der Waals surface area contributed by atoms with Gasteiger partial charge < -0.3 is 10.1 Å². The van der Waals surface area contributed by atoms with Crippen LogP contribution in [0.15, 0.2) is 24.3 Å². The highest BCUT2D eigenvalue weighted by Crippen LogP contribution is 2.17. The monoisotopic (exact) mass is 332 g/mol.